The first-order chi connectivity index (χ1) is 13.4. The maximum atomic E-state index is 13.1. The average molecular weight is 392 g/mol. The van der Waals surface area contributed by atoms with Crippen LogP contribution in [0.5, 0.6) is 0 Å². The van der Waals surface area contributed by atoms with Gasteiger partial charge in [-0.1, -0.05) is 18.2 Å². The summed E-state index contributed by atoms with van der Waals surface area (Å²) in [4.78, 5) is 4.54. The fraction of sp³-hybridized carbons (Fsp3) is 0.143. The third-order valence-corrected chi connectivity index (χ3v) is 6.31. The van der Waals surface area contributed by atoms with E-state index in [2.05, 4.69) is 10.1 Å². The molecule has 0 saturated heterocycles. The van der Waals surface area contributed by atoms with E-state index >= 15 is 0 Å². The van der Waals surface area contributed by atoms with Gasteiger partial charge in [0.05, 0.1) is 27.5 Å². The van der Waals surface area contributed by atoms with Gasteiger partial charge in [0.25, 0.3) is 0 Å². The molecule has 0 N–H and O–H groups in total. The van der Waals surface area contributed by atoms with Gasteiger partial charge < -0.3 is 4.57 Å². The number of benzene rings is 2. The van der Waals surface area contributed by atoms with Crippen molar-refractivity contribution in [1.29, 1.82) is 0 Å². The molecular formula is C21H20N4O2S. The average Bonchev–Trinajstić information content (AvgIpc) is 3.31. The number of sulfone groups is 1. The largest absolute Gasteiger partial charge is 0.333 e. The van der Waals surface area contributed by atoms with Crippen molar-refractivity contribution in [3.8, 4) is 5.69 Å². The van der Waals surface area contributed by atoms with E-state index in [4.69, 9.17) is 0 Å². The molecule has 0 atom stereocenters. The highest BCUT2D eigenvalue weighted by Gasteiger charge is 2.18. The number of aryl methyl sites for hydroxylation is 2. The second-order valence-electron chi connectivity index (χ2n) is 6.72. The Balaban J connectivity index is 1.65. The summed E-state index contributed by atoms with van der Waals surface area (Å²) < 4.78 is 29.9. The predicted octanol–water partition coefficient (Wildman–Crippen LogP) is 3.57. The minimum Gasteiger partial charge on any atom is -0.333 e. The molecule has 6 nitrogen and oxygen atoms in total. The molecule has 2 aromatic carbocycles. The van der Waals surface area contributed by atoms with Gasteiger partial charge in [-0.3, -0.25) is 0 Å². The van der Waals surface area contributed by atoms with Crippen LogP contribution >= 0.6 is 0 Å². The third-order valence-electron chi connectivity index (χ3n) is 4.54. The van der Waals surface area contributed by atoms with Crippen LogP contribution in [0.2, 0.25) is 0 Å². The van der Waals surface area contributed by atoms with E-state index in [9.17, 15) is 8.42 Å². The van der Waals surface area contributed by atoms with Gasteiger partial charge in [0.2, 0.25) is 9.84 Å². The molecule has 7 heteroatoms. The minimum atomic E-state index is -3.61. The molecule has 0 aliphatic carbocycles. The molecule has 0 amide bonds. The molecule has 0 spiro atoms. The lowest BCUT2D eigenvalue weighted by Crippen LogP contribution is -2.05. The minimum absolute atomic E-state index is 0.250. The molecule has 142 valence electrons. The Kier molecular flexibility index (Phi) is 4.60. The predicted molar refractivity (Wildman–Crippen MR) is 106 cm³/mol. The van der Waals surface area contributed by atoms with E-state index in [1.54, 1.807) is 47.5 Å². The van der Waals surface area contributed by atoms with Gasteiger partial charge in [0, 0.05) is 24.6 Å². The third kappa shape index (κ3) is 3.48. The van der Waals surface area contributed by atoms with Crippen LogP contribution < -0.4 is 0 Å². The monoisotopic (exact) mass is 392 g/mol. The Morgan fingerprint density at radius 3 is 2.39 bits per heavy atom. The number of hydrogen-bond acceptors (Lipinski definition) is 4. The first-order valence-corrected chi connectivity index (χ1v) is 10.4. The van der Waals surface area contributed by atoms with Crippen LogP contribution in [0.4, 0.5) is 0 Å². The molecule has 28 heavy (non-hydrogen) atoms. The maximum absolute atomic E-state index is 13.1. The summed E-state index contributed by atoms with van der Waals surface area (Å²) >= 11 is 0. The standard InChI is InChI=1S/C21H20N4O2S/c1-16-12-17(2)25(23-16)19-4-3-5-21(13-19)28(26,27)20-8-6-18(7-9-20)14-24-11-10-22-15-24/h3-13,15H,14H2,1-2H3. The lowest BCUT2D eigenvalue weighted by molar-refractivity contribution is 0.596. The fourth-order valence-electron chi connectivity index (χ4n) is 3.17. The topological polar surface area (TPSA) is 69.8 Å². The van der Waals surface area contributed by atoms with Crippen LogP contribution in [0.25, 0.3) is 5.69 Å². The Labute approximate surface area is 164 Å². The molecule has 0 fully saturated rings. The van der Waals surface area contributed by atoms with Crippen molar-refractivity contribution in [3.05, 3.63) is 90.3 Å². The highest BCUT2D eigenvalue weighted by atomic mass is 32.2. The summed E-state index contributed by atoms with van der Waals surface area (Å²) in [6.45, 7) is 4.50. The Morgan fingerprint density at radius 2 is 1.75 bits per heavy atom. The number of nitrogens with zero attached hydrogens (tertiary/aromatic N) is 4. The van der Waals surface area contributed by atoms with Gasteiger partial charge in [0.1, 0.15) is 0 Å². The van der Waals surface area contributed by atoms with Crippen LogP contribution in [0.3, 0.4) is 0 Å². The summed E-state index contributed by atoms with van der Waals surface area (Å²) in [7, 11) is -3.61. The van der Waals surface area contributed by atoms with E-state index in [0.717, 1.165) is 22.6 Å². The Hall–Kier alpha value is -3.19. The van der Waals surface area contributed by atoms with E-state index < -0.39 is 9.84 Å². The van der Waals surface area contributed by atoms with Crippen LogP contribution in [0.15, 0.2) is 83.1 Å². The lowest BCUT2D eigenvalue weighted by Gasteiger charge is -2.09. The van der Waals surface area contributed by atoms with Crippen LogP contribution in [-0.4, -0.2) is 27.7 Å². The van der Waals surface area contributed by atoms with Gasteiger partial charge in [-0.05, 0) is 55.8 Å². The normalized spacial score (nSPS) is 11.6. The maximum Gasteiger partial charge on any atom is 0.206 e. The highest BCUT2D eigenvalue weighted by molar-refractivity contribution is 7.91. The molecule has 0 radical (unpaired) electrons. The highest BCUT2D eigenvalue weighted by Crippen LogP contribution is 2.24. The quantitative estimate of drug-likeness (QED) is 0.521. The van der Waals surface area contributed by atoms with Gasteiger partial charge in [-0.25, -0.2) is 18.1 Å². The van der Waals surface area contributed by atoms with E-state index in [0.29, 0.717) is 6.54 Å². The zero-order valence-corrected chi connectivity index (χ0v) is 16.5. The zero-order chi connectivity index (χ0) is 19.7. The Bertz CT molecular complexity index is 1210. The molecule has 0 unspecified atom stereocenters. The summed E-state index contributed by atoms with van der Waals surface area (Å²) in [5, 5.41) is 4.44. The number of aromatic nitrogens is 4. The molecule has 0 saturated carbocycles. The van der Waals surface area contributed by atoms with Crippen LogP contribution in [-0.2, 0) is 16.4 Å². The molecule has 0 bridgehead atoms. The van der Waals surface area contributed by atoms with Crippen molar-refractivity contribution in [2.75, 3.05) is 0 Å². The van der Waals surface area contributed by atoms with Crippen LogP contribution in [0.1, 0.15) is 17.0 Å². The number of rotatable bonds is 5. The van der Waals surface area contributed by atoms with Gasteiger partial charge in [-0.2, -0.15) is 5.10 Å². The smallest absolute Gasteiger partial charge is 0.206 e. The second kappa shape index (κ2) is 7.09. The van der Waals surface area contributed by atoms with Gasteiger partial charge >= 0.3 is 0 Å². The number of hydrogen-bond donors (Lipinski definition) is 0. The van der Waals surface area contributed by atoms with E-state index in [1.165, 1.54) is 0 Å². The molecule has 4 rings (SSSR count). The van der Waals surface area contributed by atoms with Crippen molar-refractivity contribution < 1.29 is 8.42 Å². The van der Waals surface area contributed by atoms with Crippen molar-refractivity contribution in [2.45, 2.75) is 30.2 Å². The SMILES string of the molecule is Cc1cc(C)n(-c2cccc(S(=O)(=O)c3ccc(Cn4ccnc4)cc3)c2)n1. The van der Waals surface area contributed by atoms with E-state index in [1.807, 2.05) is 48.9 Å². The zero-order valence-electron chi connectivity index (χ0n) is 15.6. The lowest BCUT2D eigenvalue weighted by atomic mass is 10.2. The first-order valence-electron chi connectivity index (χ1n) is 8.87. The molecule has 0 aliphatic rings. The van der Waals surface area contributed by atoms with Gasteiger partial charge in [-0.15, -0.1) is 0 Å². The summed E-state index contributed by atoms with van der Waals surface area (Å²) in [5.74, 6) is 0. The number of imidazole rings is 1. The second-order valence-corrected chi connectivity index (χ2v) is 8.67. The van der Waals surface area contributed by atoms with Gasteiger partial charge in [0.15, 0.2) is 0 Å². The fourth-order valence-corrected chi connectivity index (χ4v) is 4.47. The Morgan fingerprint density at radius 1 is 0.964 bits per heavy atom. The molecule has 2 aromatic heterocycles. The van der Waals surface area contributed by atoms with Crippen molar-refractivity contribution >= 4 is 9.84 Å². The summed E-state index contributed by atoms with van der Waals surface area (Å²) in [6.07, 6.45) is 5.32. The van der Waals surface area contributed by atoms with Crippen molar-refractivity contribution in [2.24, 2.45) is 0 Å². The summed E-state index contributed by atoms with van der Waals surface area (Å²) in [5.41, 5.74) is 3.58. The molecule has 0 aliphatic heterocycles. The van der Waals surface area contributed by atoms with E-state index in [-0.39, 0.29) is 9.79 Å². The van der Waals surface area contributed by atoms with Crippen molar-refractivity contribution in [3.63, 3.8) is 0 Å². The molecule has 4 aromatic rings. The molecule has 2 heterocycles. The van der Waals surface area contributed by atoms with Crippen molar-refractivity contribution in [1.82, 2.24) is 19.3 Å². The summed E-state index contributed by atoms with van der Waals surface area (Å²) in [6, 6.07) is 15.8. The van der Waals surface area contributed by atoms with Crippen LogP contribution in [0, 0.1) is 13.8 Å². The first kappa shape index (κ1) is 18.2. The molecular weight excluding hydrogens is 372 g/mol.